The maximum atomic E-state index is 11.0. The Morgan fingerprint density at radius 1 is 1.56 bits per heavy atom. The highest BCUT2D eigenvalue weighted by molar-refractivity contribution is 9.10. The number of carbonyl (C=O) groups excluding carboxylic acids is 1. The molecule has 1 atom stereocenters. The van der Waals surface area contributed by atoms with Crippen LogP contribution >= 0.6 is 15.9 Å². The standard InChI is InChI=1S/C11H14BrNO3/c1-6(5-14)10-8(12)3-4-9(16)11(10)13-7(2)15/h3-4,6,14,16H,5H2,1-2H3,(H,13,15). The van der Waals surface area contributed by atoms with Crippen LogP contribution in [0.5, 0.6) is 5.75 Å². The Morgan fingerprint density at radius 3 is 2.69 bits per heavy atom. The third-order valence-corrected chi connectivity index (χ3v) is 2.93. The van der Waals surface area contributed by atoms with Gasteiger partial charge in [0.25, 0.3) is 0 Å². The molecular weight excluding hydrogens is 274 g/mol. The van der Waals surface area contributed by atoms with Crippen molar-refractivity contribution in [2.75, 3.05) is 11.9 Å². The summed E-state index contributed by atoms with van der Waals surface area (Å²) < 4.78 is 0.746. The minimum atomic E-state index is -0.264. The Bertz CT molecular complexity index is 406. The lowest BCUT2D eigenvalue weighted by Crippen LogP contribution is -2.11. The van der Waals surface area contributed by atoms with Gasteiger partial charge in [0, 0.05) is 23.9 Å². The zero-order chi connectivity index (χ0) is 12.3. The number of carbonyl (C=O) groups is 1. The molecule has 1 unspecified atom stereocenters. The summed E-state index contributed by atoms with van der Waals surface area (Å²) >= 11 is 3.34. The molecule has 0 fully saturated rings. The molecule has 4 nitrogen and oxygen atoms in total. The van der Waals surface area contributed by atoms with Crippen molar-refractivity contribution in [2.45, 2.75) is 19.8 Å². The first kappa shape index (κ1) is 13.0. The van der Waals surface area contributed by atoms with E-state index >= 15 is 0 Å². The van der Waals surface area contributed by atoms with E-state index in [4.69, 9.17) is 5.11 Å². The molecule has 88 valence electrons. The molecule has 1 rings (SSSR count). The second-order valence-corrected chi connectivity index (χ2v) is 4.47. The Balaban J connectivity index is 3.30. The molecule has 1 aromatic rings. The quantitative estimate of drug-likeness (QED) is 0.747. The fourth-order valence-electron chi connectivity index (χ4n) is 1.46. The molecule has 0 saturated heterocycles. The number of aromatic hydroxyl groups is 1. The van der Waals surface area contributed by atoms with Gasteiger partial charge in [-0.25, -0.2) is 0 Å². The number of hydrogen-bond donors (Lipinski definition) is 3. The smallest absolute Gasteiger partial charge is 0.221 e. The average molecular weight is 288 g/mol. The van der Waals surface area contributed by atoms with Gasteiger partial charge in [-0.3, -0.25) is 4.79 Å². The van der Waals surface area contributed by atoms with E-state index in [1.165, 1.54) is 13.0 Å². The predicted molar refractivity (Wildman–Crippen MR) is 65.6 cm³/mol. The van der Waals surface area contributed by atoms with Crippen molar-refractivity contribution < 1.29 is 15.0 Å². The Kier molecular flexibility index (Phi) is 4.32. The topological polar surface area (TPSA) is 69.6 Å². The van der Waals surface area contributed by atoms with E-state index in [1.807, 2.05) is 6.92 Å². The van der Waals surface area contributed by atoms with Gasteiger partial charge < -0.3 is 15.5 Å². The molecule has 1 aromatic carbocycles. The molecule has 0 aromatic heterocycles. The van der Waals surface area contributed by atoms with Gasteiger partial charge in [0.1, 0.15) is 5.75 Å². The summed E-state index contributed by atoms with van der Waals surface area (Å²) in [5.74, 6) is -0.447. The summed E-state index contributed by atoms with van der Waals surface area (Å²) in [7, 11) is 0. The third kappa shape index (κ3) is 2.74. The highest BCUT2D eigenvalue weighted by Crippen LogP contribution is 2.37. The monoisotopic (exact) mass is 287 g/mol. The van der Waals surface area contributed by atoms with E-state index < -0.39 is 0 Å². The number of anilines is 1. The first-order chi connectivity index (χ1) is 7.47. The third-order valence-electron chi connectivity index (χ3n) is 2.24. The number of amides is 1. The predicted octanol–water partition coefficient (Wildman–Crippen LogP) is 2.21. The second-order valence-electron chi connectivity index (χ2n) is 3.62. The van der Waals surface area contributed by atoms with Gasteiger partial charge in [0.15, 0.2) is 0 Å². The van der Waals surface area contributed by atoms with Gasteiger partial charge in [-0.2, -0.15) is 0 Å². The van der Waals surface area contributed by atoms with Crippen molar-refractivity contribution in [3.8, 4) is 5.75 Å². The summed E-state index contributed by atoms with van der Waals surface area (Å²) in [6, 6.07) is 3.17. The van der Waals surface area contributed by atoms with E-state index in [1.54, 1.807) is 6.07 Å². The zero-order valence-corrected chi connectivity index (χ0v) is 10.7. The lowest BCUT2D eigenvalue weighted by atomic mass is 9.99. The van der Waals surface area contributed by atoms with E-state index in [9.17, 15) is 9.90 Å². The van der Waals surface area contributed by atoms with Gasteiger partial charge in [-0.05, 0) is 17.7 Å². The largest absolute Gasteiger partial charge is 0.506 e. The van der Waals surface area contributed by atoms with Crippen LogP contribution in [0.4, 0.5) is 5.69 Å². The first-order valence-electron chi connectivity index (χ1n) is 4.87. The minimum Gasteiger partial charge on any atom is -0.506 e. The number of phenols is 1. The Morgan fingerprint density at radius 2 is 2.19 bits per heavy atom. The van der Waals surface area contributed by atoms with Crippen LogP contribution in [0.2, 0.25) is 0 Å². The van der Waals surface area contributed by atoms with Crippen molar-refractivity contribution in [3.05, 3.63) is 22.2 Å². The van der Waals surface area contributed by atoms with Crippen LogP contribution in [0, 0.1) is 0 Å². The average Bonchev–Trinajstić information content (AvgIpc) is 2.22. The summed E-state index contributed by atoms with van der Waals surface area (Å²) in [5.41, 5.74) is 1.04. The first-order valence-corrected chi connectivity index (χ1v) is 5.66. The van der Waals surface area contributed by atoms with E-state index in [2.05, 4.69) is 21.2 Å². The number of aliphatic hydroxyl groups is 1. The van der Waals surface area contributed by atoms with Crippen molar-refractivity contribution in [3.63, 3.8) is 0 Å². The molecule has 0 radical (unpaired) electrons. The number of hydrogen-bond acceptors (Lipinski definition) is 3. The number of phenolic OH excluding ortho intramolecular Hbond substituents is 1. The Labute approximate surface area is 102 Å². The normalized spacial score (nSPS) is 12.2. The van der Waals surface area contributed by atoms with Gasteiger partial charge in [0.2, 0.25) is 5.91 Å². The van der Waals surface area contributed by atoms with E-state index in [0.29, 0.717) is 11.3 Å². The van der Waals surface area contributed by atoms with Crippen LogP contribution in [0.3, 0.4) is 0 Å². The van der Waals surface area contributed by atoms with Crippen LogP contribution in [-0.2, 0) is 4.79 Å². The van der Waals surface area contributed by atoms with Gasteiger partial charge >= 0.3 is 0 Å². The zero-order valence-electron chi connectivity index (χ0n) is 9.12. The summed E-state index contributed by atoms with van der Waals surface area (Å²) in [6.45, 7) is 3.12. The van der Waals surface area contributed by atoms with Crippen molar-refractivity contribution in [2.24, 2.45) is 0 Å². The lowest BCUT2D eigenvalue weighted by Gasteiger charge is -2.17. The molecule has 3 N–H and O–H groups in total. The summed E-state index contributed by atoms with van der Waals surface area (Å²) in [5, 5.41) is 21.4. The lowest BCUT2D eigenvalue weighted by molar-refractivity contribution is -0.114. The Hall–Kier alpha value is -1.07. The highest BCUT2D eigenvalue weighted by atomic mass is 79.9. The minimum absolute atomic E-state index is 0.00583. The van der Waals surface area contributed by atoms with Crippen LogP contribution in [0.1, 0.15) is 25.3 Å². The van der Waals surface area contributed by atoms with Gasteiger partial charge in [0.05, 0.1) is 5.69 Å². The van der Waals surface area contributed by atoms with E-state index in [0.717, 1.165) is 4.47 Å². The van der Waals surface area contributed by atoms with Crippen molar-refractivity contribution in [1.29, 1.82) is 0 Å². The molecule has 1 amide bonds. The molecule has 0 aliphatic heterocycles. The van der Waals surface area contributed by atoms with Crippen molar-refractivity contribution in [1.82, 2.24) is 0 Å². The molecule has 0 aliphatic carbocycles. The van der Waals surface area contributed by atoms with Crippen LogP contribution < -0.4 is 5.32 Å². The van der Waals surface area contributed by atoms with Crippen LogP contribution in [0.15, 0.2) is 16.6 Å². The summed E-state index contributed by atoms with van der Waals surface area (Å²) in [6.07, 6.45) is 0. The van der Waals surface area contributed by atoms with Crippen molar-refractivity contribution >= 4 is 27.5 Å². The van der Waals surface area contributed by atoms with E-state index in [-0.39, 0.29) is 24.2 Å². The molecule has 0 heterocycles. The molecule has 0 aliphatic rings. The SMILES string of the molecule is CC(=O)Nc1c(O)ccc(Br)c1C(C)CO. The summed E-state index contributed by atoms with van der Waals surface area (Å²) in [4.78, 5) is 11.0. The van der Waals surface area contributed by atoms with Gasteiger partial charge in [-0.1, -0.05) is 22.9 Å². The molecule has 0 saturated carbocycles. The molecular formula is C11H14BrNO3. The molecule has 0 spiro atoms. The number of halogens is 1. The second kappa shape index (κ2) is 5.32. The molecule has 5 heteroatoms. The maximum absolute atomic E-state index is 11.0. The molecule has 0 bridgehead atoms. The fourth-order valence-corrected chi connectivity index (χ4v) is 2.18. The molecule has 16 heavy (non-hydrogen) atoms. The maximum Gasteiger partial charge on any atom is 0.221 e. The van der Waals surface area contributed by atoms with Gasteiger partial charge in [-0.15, -0.1) is 0 Å². The van der Waals surface area contributed by atoms with Crippen LogP contribution in [-0.4, -0.2) is 22.7 Å². The highest BCUT2D eigenvalue weighted by Gasteiger charge is 2.17. The number of nitrogens with one attached hydrogen (secondary N) is 1. The number of rotatable bonds is 3. The van der Waals surface area contributed by atoms with Crippen LogP contribution in [0.25, 0.3) is 0 Å². The fraction of sp³-hybridized carbons (Fsp3) is 0.364. The number of benzene rings is 1. The number of aliphatic hydroxyl groups excluding tert-OH is 1.